The minimum absolute atomic E-state index is 0.519. The molecule has 3 nitrogen and oxygen atoms in total. The molecular formula is C8H7ClN2OS. The molecule has 0 atom stereocenters. The van der Waals surface area contributed by atoms with E-state index in [1.807, 2.05) is 12.1 Å². The zero-order valence-electron chi connectivity index (χ0n) is 6.87. The Morgan fingerprint density at radius 1 is 1.54 bits per heavy atom. The number of aromatic nitrogens is 1. The third kappa shape index (κ3) is 1.32. The summed E-state index contributed by atoms with van der Waals surface area (Å²) in [6.07, 6.45) is 0. The lowest BCUT2D eigenvalue weighted by molar-refractivity contribution is 0.415. The van der Waals surface area contributed by atoms with Crippen LogP contribution in [0.15, 0.2) is 12.1 Å². The van der Waals surface area contributed by atoms with Crippen molar-refractivity contribution in [1.82, 2.24) is 4.98 Å². The van der Waals surface area contributed by atoms with Gasteiger partial charge in [0.25, 0.3) is 0 Å². The smallest absolute Gasteiger partial charge is 0.181 e. The number of halogens is 1. The maximum atomic E-state index is 6.02. The predicted octanol–water partition coefficient (Wildman–Crippen LogP) is 2.54. The molecule has 0 unspecified atom stereocenters. The molecule has 0 saturated heterocycles. The number of nitrogens with zero attached hydrogens (tertiary/aromatic N) is 1. The lowest BCUT2D eigenvalue weighted by Crippen LogP contribution is -1.84. The number of methoxy groups -OCH3 is 1. The van der Waals surface area contributed by atoms with E-state index in [1.54, 1.807) is 7.11 Å². The first-order valence-corrected chi connectivity index (χ1v) is 4.80. The van der Waals surface area contributed by atoms with E-state index in [2.05, 4.69) is 4.98 Å². The highest BCUT2D eigenvalue weighted by molar-refractivity contribution is 7.22. The molecule has 0 aliphatic heterocycles. The quantitative estimate of drug-likeness (QED) is 0.794. The molecule has 2 aromatic rings. The number of thiazole rings is 1. The fraction of sp³-hybridized carbons (Fsp3) is 0.125. The van der Waals surface area contributed by atoms with Crippen LogP contribution in [-0.2, 0) is 0 Å². The SMILES string of the molecule is COc1ccc2sc(N)nc2c1Cl. The normalized spacial score (nSPS) is 10.6. The van der Waals surface area contributed by atoms with Crippen LogP contribution in [0.1, 0.15) is 0 Å². The van der Waals surface area contributed by atoms with E-state index in [0.29, 0.717) is 21.4 Å². The van der Waals surface area contributed by atoms with E-state index in [4.69, 9.17) is 22.1 Å². The Balaban J connectivity index is 2.78. The largest absolute Gasteiger partial charge is 0.495 e. The molecule has 5 heteroatoms. The molecule has 1 aromatic carbocycles. The van der Waals surface area contributed by atoms with Crippen molar-refractivity contribution < 1.29 is 4.74 Å². The fourth-order valence-corrected chi connectivity index (χ4v) is 2.20. The van der Waals surface area contributed by atoms with Gasteiger partial charge >= 0.3 is 0 Å². The van der Waals surface area contributed by atoms with Crippen LogP contribution < -0.4 is 10.5 Å². The topological polar surface area (TPSA) is 48.1 Å². The van der Waals surface area contributed by atoms with Crippen molar-refractivity contribution in [2.45, 2.75) is 0 Å². The zero-order chi connectivity index (χ0) is 9.42. The van der Waals surface area contributed by atoms with E-state index < -0.39 is 0 Å². The summed E-state index contributed by atoms with van der Waals surface area (Å²) in [4.78, 5) is 4.11. The van der Waals surface area contributed by atoms with Gasteiger partial charge in [-0.2, -0.15) is 0 Å². The molecule has 2 rings (SSSR count). The Bertz CT molecular complexity index is 455. The fourth-order valence-electron chi connectivity index (χ4n) is 1.12. The van der Waals surface area contributed by atoms with E-state index in [0.717, 1.165) is 4.70 Å². The zero-order valence-corrected chi connectivity index (χ0v) is 8.45. The predicted molar refractivity (Wildman–Crippen MR) is 55.6 cm³/mol. The number of ether oxygens (including phenoxy) is 1. The Kier molecular flexibility index (Phi) is 2.01. The van der Waals surface area contributed by atoms with Gasteiger partial charge < -0.3 is 10.5 Å². The van der Waals surface area contributed by atoms with Crippen LogP contribution in [0.2, 0.25) is 5.02 Å². The first-order chi connectivity index (χ1) is 6.22. The minimum atomic E-state index is 0.519. The van der Waals surface area contributed by atoms with Gasteiger partial charge in [0.1, 0.15) is 16.3 Å². The van der Waals surface area contributed by atoms with Crippen LogP contribution in [0, 0.1) is 0 Å². The second-order valence-corrected chi connectivity index (χ2v) is 3.92. The highest BCUT2D eigenvalue weighted by Gasteiger charge is 2.09. The lowest BCUT2D eigenvalue weighted by Gasteiger charge is -2.01. The maximum Gasteiger partial charge on any atom is 0.181 e. The summed E-state index contributed by atoms with van der Waals surface area (Å²) in [5, 5.41) is 1.04. The molecule has 1 aromatic heterocycles. The Hall–Kier alpha value is -1.00. The molecule has 2 N–H and O–H groups in total. The van der Waals surface area contributed by atoms with E-state index in [9.17, 15) is 0 Å². The molecule has 0 aliphatic rings. The summed E-state index contributed by atoms with van der Waals surface area (Å²) in [7, 11) is 1.57. The third-order valence-electron chi connectivity index (χ3n) is 1.70. The lowest BCUT2D eigenvalue weighted by atomic mass is 10.3. The second kappa shape index (κ2) is 3.05. The highest BCUT2D eigenvalue weighted by Crippen LogP contribution is 2.35. The molecule has 68 valence electrons. The van der Waals surface area contributed by atoms with Crippen molar-refractivity contribution in [3.63, 3.8) is 0 Å². The van der Waals surface area contributed by atoms with Gasteiger partial charge in [-0.1, -0.05) is 22.9 Å². The van der Waals surface area contributed by atoms with E-state index in [1.165, 1.54) is 11.3 Å². The second-order valence-electron chi connectivity index (χ2n) is 2.48. The summed E-state index contributed by atoms with van der Waals surface area (Å²) >= 11 is 7.43. The average molecular weight is 215 g/mol. The third-order valence-corrected chi connectivity index (χ3v) is 2.92. The molecule has 0 radical (unpaired) electrons. The van der Waals surface area contributed by atoms with E-state index >= 15 is 0 Å². The number of rotatable bonds is 1. The number of nitrogen functional groups attached to an aromatic ring is 1. The number of hydrogen-bond donors (Lipinski definition) is 1. The van der Waals surface area contributed by atoms with Crippen LogP contribution in [0.3, 0.4) is 0 Å². The van der Waals surface area contributed by atoms with Gasteiger partial charge in [-0.15, -0.1) is 0 Å². The van der Waals surface area contributed by atoms with Crippen molar-refractivity contribution in [3.05, 3.63) is 17.2 Å². The summed E-state index contributed by atoms with van der Waals surface area (Å²) in [6, 6.07) is 3.70. The van der Waals surface area contributed by atoms with Crippen molar-refractivity contribution in [1.29, 1.82) is 0 Å². The van der Waals surface area contributed by atoms with Crippen LogP contribution in [0.4, 0.5) is 5.13 Å². The number of anilines is 1. The van der Waals surface area contributed by atoms with Gasteiger partial charge in [-0.25, -0.2) is 4.98 Å². The molecule has 0 spiro atoms. The molecule has 0 fully saturated rings. The van der Waals surface area contributed by atoms with Crippen molar-refractivity contribution in [2.24, 2.45) is 0 Å². The molecular weight excluding hydrogens is 208 g/mol. The van der Waals surface area contributed by atoms with Gasteiger partial charge in [0.15, 0.2) is 5.13 Å². The Morgan fingerprint density at radius 3 is 3.00 bits per heavy atom. The van der Waals surface area contributed by atoms with Crippen molar-refractivity contribution in [3.8, 4) is 5.75 Å². The van der Waals surface area contributed by atoms with Crippen LogP contribution in [-0.4, -0.2) is 12.1 Å². The molecule has 1 heterocycles. The first kappa shape index (κ1) is 8.59. The standard InChI is InChI=1S/C8H7ClN2OS/c1-12-4-2-3-5-7(6(4)9)11-8(10)13-5/h2-3H,1H3,(H2,10,11). The number of fused-ring (bicyclic) bond motifs is 1. The first-order valence-electron chi connectivity index (χ1n) is 3.61. The number of nitrogens with two attached hydrogens (primary N) is 1. The molecule has 0 saturated carbocycles. The number of hydrogen-bond acceptors (Lipinski definition) is 4. The monoisotopic (exact) mass is 214 g/mol. The summed E-state index contributed by atoms with van der Waals surface area (Å²) < 4.78 is 6.03. The summed E-state index contributed by atoms with van der Waals surface area (Å²) in [5.74, 6) is 0.625. The van der Waals surface area contributed by atoms with Gasteiger partial charge in [-0.3, -0.25) is 0 Å². The van der Waals surface area contributed by atoms with Crippen molar-refractivity contribution >= 4 is 38.3 Å². The highest BCUT2D eigenvalue weighted by atomic mass is 35.5. The molecule has 0 aliphatic carbocycles. The Labute approximate surface area is 84.1 Å². The van der Waals surface area contributed by atoms with Gasteiger partial charge in [-0.05, 0) is 12.1 Å². The van der Waals surface area contributed by atoms with Gasteiger partial charge in [0.05, 0.1) is 11.8 Å². The van der Waals surface area contributed by atoms with Crippen molar-refractivity contribution in [2.75, 3.05) is 12.8 Å². The maximum absolute atomic E-state index is 6.02. The summed E-state index contributed by atoms with van der Waals surface area (Å²) in [5.41, 5.74) is 6.27. The molecule has 0 amide bonds. The summed E-state index contributed by atoms with van der Waals surface area (Å²) in [6.45, 7) is 0. The average Bonchev–Trinajstić information content (AvgIpc) is 2.47. The van der Waals surface area contributed by atoms with E-state index in [-0.39, 0.29) is 0 Å². The molecule has 13 heavy (non-hydrogen) atoms. The molecule has 0 bridgehead atoms. The van der Waals surface area contributed by atoms with Crippen LogP contribution in [0.25, 0.3) is 10.2 Å². The number of benzene rings is 1. The van der Waals surface area contributed by atoms with Gasteiger partial charge in [0, 0.05) is 0 Å². The van der Waals surface area contributed by atoms with Crippen LogP contribution >= 0.6 is 22.9 Å². The van der Waals surface area contributed by atoms with Gasteiger partial charge in [0.2, 0.25) is 0 Å². The van der Waals surface area contributed by atoms with Crippen LogP contribution in [0.5, 0.6) is 5.75 Å². The Morgan fingerprint density at radius 2 is 2.31 bits per heavy atom. The minimum Gasteiger partial charge on any atom is -0.495 e.